The van der Waals surface area contributed by atoms with Crippen molar-refractivity contribution in [2.24, 2.45) is 0 Å². The third-order valence-corrected chi connectivity index (χ3v) is 2.45. The first kappa shape index (κ1) is 14.1. The fourth-order valence-corrected chi connectivity index (χ4v) is 1.51. The molecule has 8 heteroatoms. The van der Waals surface area contributed by atoms with Gasteiger partial charge in [-0.2, -0.15) is 13.2 Å². The van der Waals surface area contributed by atoms with E-state index in [0.29, 0.717) is 10.6 Å². The molecule has 0 aliphatic carbocycles. The maximum Gasteiger partial charge on any atom is 0.431 e. The fraction of sp³-hybridized carbons (Fsp3) is 0.400. The molecule has 1 heterocycles. The average Bonchev–Trinajstić information content (AvgIpc) is 2.29. The predicted octanol–water partition coefficient (Wildman–Crippen LogP) is 0.756. The van der Waals surface area contributed by atoms with Gasteiger partial charge in [0.1, 0.15) is 11.7 Å². The highest BCUT2D eigenvalue weighted by atomic mass is 19.4. The maximum absolute atomic E-state index is 12.8. The Hall–Kier alpha value is -1.99. The summed E-state index contributed by atoms with van der Waals surface area (Å²) < 4.78 is 38.6. The highest BCUT2D eigenvalue weighted by Crippen LogP contribution is 2.30. The maximum atomic E-state index is 12.8. The van der Waals surface area contributed by atoms with Crippen LogP contribution in [0, 0.1) is 0 Å². The zero-order valence-electron chi connectivity index (χ0n) is 9.71. The topological polar surface area (TPSA) is 77.1 Å². The Bertz CT molecular complexity index is 522. The third kappa shape index (κ3) is 2.47. The lowest BCUT2D eigenvalue weighted by Gasteiger charge is -2.20. The number of carbonyl (C=O) groups excluding carboxylic acids is 1. The number of aromatic nitrogens is 1. The van der Waals surface area contributed by atoms with Crippen LogP contribution < -0.4 is 16.6 Å². The van der Waals surface area contributed by atoms with E-state index in [0.717, 1.165) is 6.07 Å². The van der Waals surface area contributed by atoms with Gasteiger partial charge in [0.25, 0.3) is 5.56 Å². The van der Waals surface area contributed by atoms with Gasteiger partial charge in [-0.25, -0.2) is 0 Å². The summed E-state index contributed by atoms with van der Waals surface area (Å²) in [5.74, 6) is -0.715. The summed E-state index contributed by atoms with van der Waals surface area (Å²) in [7, 11) is 1.27. The molecule has 18 heavy (non-hydrogen) atoms. The predicted molar refractivity (Wildman–Crippen MR) is 58.9 cm³/mol. The number of hydrogen-bond acceptors (Lipinski definition) is 3. The molecule has 0 radical (unpaired) electrons. The van der Waals surface area contributed by atoms with Crippen molar-refractivity contribution in [3.8, 4) is 0 Å². The Kier molecular flexibility index (Phi) is 3.68. The molecule has 0 bridgehead atoms. The Balaban J connectivity index is 3.53. The minimum Gasteiger partial charge on any atom is -0.394 e. The van der Waals surface area contributed by atoms with Gasteiger partial charge in [-0.15, -0.1) is 0 Å². The van der Waals surface area contributed by atoms with Crippen molar-refractivity contribution in [1.82, 2.24) is 9.88 Å². The third-order valence-electron chi connectivity index (χ3n) is 2.45. The number of hydrogen-bond donors (Lipinski definition) is 2. The lowest BCUT2D eigenvalue weighted by atomic mass is 10.2. The molecule has 3 N–H and O–H groups in total. The SMILES string of the molecule is CNC(=O)C(C)n1c(C(F)(F)F)ccc(N)c1=O. The van der Waals surface area contributed by atoms with Gasteiger partial charge in [-0.05, 0) is 19.1 Å². The molecule has 1 aromatic rings. The molecule has 0 saturated heterocycles. The first-order chi connectivity index (χ1) is 8.20. The molecule has 0 spiro atoms. The molecule has 5 nitrogen and oxygen atoms in total. The Morgan fingerprint density at radius 3 is 2.44 bits per heavy atom. The molecule has 100 valence electrons. The molecule has 0 aliphatic rings. The molecule has 1 atom stereocenters. The van der Waals surface area contributed by atoms with E-state index < -0.39 is 29.4 Å². The lowest BCUT2D eigenvalue weighted by molar-refractivity contribution is -0.145. The second-order valence-corrected chi connectivity index (χ2v) is 3.64. The summed E-state index contributed by atoms with van der Waals surface area (Å²) in [5, 5.41) is 2.18. The van der Waals surface area contributed by atoms with Crippen LogP contribution in [-0.4, -0.2) is 17.5 Å². The van der Waals surface area contributed by atoms with E-state index in [9.17, 15) is 22.8 Å². The summed E-state index contributed by atoms with van der Waals surface area (Å²) in [6.07, 6.45) is -4.74. The van der Waals surface area contributed by atoms with Crippen LogP contribution in [0.2, 0.25) is 0 Å². The summed E-state index contributed by atoms with van der Waals surface area (Å²) in [4.78, 5) is 23.0. The number of nitrogen functional groups attached to an aromatic ring is 1. The first-order valence-electron chi connectivity index (χ1n) is 5.00. The number of halogens is 3. The molecular formula is C10H12F3N3O2. The minimum atomic E-state index is -4.74. The van der Waals surface area contributed by atoms with Crippen LogP contribution in [0.1, 0.15) is 18.7 Å². The highest BCUT2D eigenvalue weighted by molar-refractivity contribution is 5.79. The number of amides is 1. The minimum absolute atomic E-state index is 0.341. The highest BCUT2D eigenvalue weighted by Gasteiger charge is 2.36. The number of nitrogens with one attached hydrogen (secondary N) is 1. The number of pyridine rings is 1. The van der Waals surface area contributed by atoms with Gasteiger partial charge in [0.15, 0.2) is 0 Å². The van der Waals surface area contributed by atoms with E-state index in [1.54, 1.807) is 0 Å². The summed E-state index contributed by atoms with van der Waals surface area (Å²) in [6, 6.07) is 0.247. The second-order valence-electron chi connectivity index (χ2n) is 3.64. The lowest BCUT2D eigenvalue weighted by Crippen LogP contribution is -2.38. The van der Waals surface area contributed by atoms with Crippen LogP contribution in [0.3, 0.4) is 0 Å². The van der Waals surface area contributed by atoms with E-state index in [-0.39, 0.29) is 5.69 Å². The fourth-order valence-electron chi connectivity index (χ4n) is 1.51. The van der Waals surface area contributed by atoms with Crippen LogP contribution in [-0.2, 0) is 11.0 Å². The monoisotopic (exact) mass is 263 g/mol. The molecule has 1 rings (SSSR count). The van der Waals surface area contributed by atoms with E-state index >= 15 is 0 Å². The number of anilines is 1. The molecular weight excluding hydrogens is 251 g/mol. The number of rotatable bonds is 2. The van der Waals surface area contributed by atoms with Crippen LogP contribution in [0.25, 0.3) is 0 Å². The van der Waals surface area contributed by atoms with Gasteiger partial charge >= 0.3 is 6.18 Å². The molecule has 0 fully saturated rings. The van der Waals surface area contributed by atoms with Crippen molar-refractivity contribution in [1.29, 1.82) is 0 Å². The number of likely N-dealkylation sites (N-methyl/N-ethyl adjacent to an activating group) is 1. The zero-order chi connectivity index (χ0) is 14.1. The van der Waals surface area contributed by atoms with Gasteiger partial charge in [-0.3, -0.25) is 14.2 Å². The summed E-state index contributed by atoms with van der Waals surface area (Å²) in [5.41, 5.74) is 2.68. The van der Waals surface area contributed by atoms with Crippen molar-refractivity contribution >= 4 is 11.6 Å². The second kappa shape index (κ2) is 4.71. The number of alkyl halides is 3. The van der Waals surface area contributed by atoms with Crippen LogP contribution in [0.15, 0.2) is 16.9 Å². The van der Waals surface area contributed by atoms with Gasteiger partial charge in [0.05, 0.1) is 5.69 Å². The smallest absolute Gasteiger partial charge is 0.394 e. The molecule has 0 aliphatic heterocycles. The van der Waals surface area contributed by atoms with E-state index in [1.165, 1.54) is 14.0 Å². The standard InChI is InChI=1S/C10H12F3N3O2/c1-5(8(17)15-2)16-7(10(11,12)13)4-3-6(14)9(16)18/h3-5H,14H2,1-2H3,(H,15,17). The zero-order valence-corrected chi connectivity index (χ0v) is 9.71. The van der Waals surface area contributed by atoms with E-state index in [4.69, 9.17) is 5.73 Å². The van der Waals surface area contributed by atoms with E-state index in [2.05, 4.69) is 5.32 Å². The van der Waals surface area contributed by atoms with Gasteiger partial charge in [-0.1, -0.05) is 0 Å². The number of nitrogens with two attached hydrogens (primary N) is 1. The van der Waals surface area contributed by atoms with Crippen LogP contribution >= 0.6 is 0 Å². The summed E-state index contributed by atoms with van der Waals surface area (Å²) >= 11 is 0. The normalized spacial score (nSPS) is 13.2. The summed E-state index contributed by atoms with van der Waals surface area (Å²) in [6.45, 7) is 1.19. The van der Waals surface area contributed by atoms with Crippen LogP contribution in [0.4, 0.5) is 18.9 Å². The van der Waals surface area contributed by atoms with Crippen molar-refractivity contribution in [3.63, 3.8) is 0 Å². The number of nitrogens with zero attached hydrogens (tertiary/aromatic N) is 1. The van der Waals surface area contributed by atoms with Crippen molar-refractivity contribution < 1.29 is 18.0 Å². The van der Waals surface area contributed by atoms with Gasteiger partial charge < -0.3 is 11.1 Å². The van der Waals surface area contributed by atoms with E-state index in [1.807, 2.05) is 0 Å². The molecule has 0 saturated carbocycles. The molecule has 1 unspecified atom stereocenters. The molecule has 1 aromatic heterocycles. The van der Waals surface area contributed by atoms with Gasteiger partial charge in [0.2, 0.25) is 5.91 Å². The largest absolute Gasteiger partial charge is 0.431 e. The number of carbonyl (C=O) groups is 1. The van der Waals surface area contributed by atoms with Crippen molar-refractivity contribution in [2.75, 3.05) is 12.8 Å². The Morgan fingerprint density at radius 1 is 1.44 bits per heavy atom. The Labute approximate surface area is 100 Å². The average molecular weight is 263 g/mol. The van der Waals surface area contributed by atoms with Crippen molar-refractivity contribution in [2.45, 2.75) is 19.1 Å². The quantitative estimate of drug-likeness (QED) is 0.826. The first-order valence-corrected chi connectivity index (χ1v) is 5.00. The molecule has 1 amide bonds. The Morgan fingerprint density at radius 2 is 2.00 bits per heavy atom. The van der Waals surface area contributed by atoms with Crippen LogP contribution in [0.5, 0.6) is 0 Å². The van der Waals surface area contributed by atoms with Crippen molar-refractivity contribution in [3.05, 3.63) is 28.2 Å². The molecule has 0 aromatic carbocycles. The van der Waals surface area contributed by atoms with Gasteiger partial charge in [0, 0.05) is 7.05 Å².